The quantitative estimate of drug-likeness (QED) is 0.778. The molecule has 0 aromatic heterocycles. The normalized spacial score (nSPS) is 30.9. The van der Waals surface area contributed by atoms with Crippen LogP contribution in [0, 0.1) is 5.92 Å². The van der Waals surface area contributed by atoms with Gasteiger partial charge in [-0.3, -0.25) is 0 Å². The zero-order chi connectivity index (χ0) is 10.2. The molecular weight excluding hydrogens is 174 g/mol. The van der Waals surface area contributed by atoms with Crippen molar-refractivity contribution in [2.45, 2.75) is 25.3 Å². The zero-order valence-electron chi connectivity index (χ0n) is 8.79. The van der Waals surface area contributed by atoms with E-state index in [0.29, 0.717) is 5.92 Å². The van der Waals surface area contributed by atoms with E-state index in [-0.39, 0.29) is 5.54 Å². The molecule has 0 amide bonds. The van der Waals surface area contributed by atoms with Crippen LogP contribution in [0.15, 0.2) is 24.3 Å². The molecule has 2 nitrogen and oxygen atoms in total. The van der Waals surface area contributed by atoms with E-state index in [1.165, 1.54) is 6.42 Å². The first-order valence-electron chi connectivity index (χ1n) is 5.11. The van der Waals surface area contributed by atoms with Crippen molar-refractivity contribution in [1.82, 2.24) is 0 Å². The van der Waals surface area contributed by atoms with Crippen LogP contribution in [0.2, 0.25) is 0 Å². The minimum atomic E-state index is -0.160. The smallest absolute Gasteiger partial charge is 0.123 e. The van der Waals surface area contributed by atoms with Crippen molar-refractivity contribution < 1.29 is 4.74 Å². The number of ether oxygens (including phenoxy) is 1. The lowest BCUT2D eigenvalue weighted by atomic mass is 9.64. The molecule has 2 heteroatoms. The summed E-state index contributed by atoms with van der Waals surface area (Å²) in [5.74, 6) is 1.47. The van der Waals surface area contributed by atoms with Gasteiger partial charge in [-0.1, -0.05) is 25.1 Å². The van der Waals surface area contributed by atoms with Crippen LogP contribution < -0.4 is 10.5 Å². The largest absolute Gasteiger partial charge is 0.496 e. The molecule has 0 bridgehead atoms. The SMILES string of the molecule is COc1ccccc1C1(N)CCC1C. The van der Waals surface area contributed by atoms with Crippen molar-refractivity contribution in [3.05, 3.63) is 29.8 Å². The van der Waals surface area contributed by atoms with Crippen LogP contribution in [0.3, 0.4) is 0 Å². The monoisotopic (exact) mass is 191 g/mol. The predicted octanol–water partition coefficient (Wildman–Crippen LogP) is 2.28. The molecule has 0 radical (unpaired) electrons. The highest BCUT2D eigenvalue weighted by molar-refractivity contribution is 5.40. The van der Waals surface area contributed by atoms with E-state index in [1.807, 2.05) is 18.2 Å². The Balaban J connectivity index is 2.40. The number of para-hydroxylation sites is 1. The maximum Gasteiger partial charge on any atom is 0.123 e. The maximum absolute atomic E-state index is 6.36. The number of hydrogen-bond donors (Lipinski definition) is 1. The Labute approximate surface area is 85.1 Å². The molecule has 2 atom stereocenters. The summed E-state index contributed by atoms with van der Waals surface area (Å²) in [6, 6.07) is 8.07. The van der Waals surface area contributed by atoms with Crippen molar-refractivity contribution in [3.63, 3.8) is 0 Å². The minimum absolute atomic E-state index is 0.160. The van der Waals surface area contributed by atoms with Gasteiger partial charge >= 0.3 is 0 Å². The van der Waals surface area contributed by atoms with Gasteiger partial charge < -0.3 is 10.5 Å². The second-order valence-corrected chi connectivity index (χ2v) is 4.18. The van der Waals surface area contributed by atoms with Gasteiger partial charge in [-0.15, -0.1) is 0 Å². The third-order valence-corrected chi connectivity index (χ3v) is 3.48. The molecule has 0 spiro atoms. The summed E-state index contributed by atoms with van der Waals surface area (Å²) in [7, 11) is 1.70. The van der Waals surface area contributed by atoms with Gasteiger partial charge in [-0.2, -0.15) is 0 Å². The lowest BCUT2D eigenvalue weighted by Gasteiger charge is -2.46. The van der Waals surface area contributed by atoms with Gasteiger partial charge in [0.05, 0.1) is 7.11 Å². The fourth-order valence-electron chi connectivity index (χ4n) is 2.17. The van der Waals surface area contributed by atoms with E-state index in [2.05, 4.69) is 13.0 Å². The highest BCUT2D eigenvalue weighted by Crippen LogP contribution is 2.46. The van der Waals surface area contributed by atoms with Crippen molar-refractivity contribution in [3.8, 4) is 5.75 Å². The van der Waals surface area contributed by atoms with Crippen molar-refractivity contribution in [1.29, 1.82) is 0 Å². The Kier molecular flexibility index (Phi) is 2.23. The summed E-state index contributed by atoms with van der Waals surface area (Å²) >= 11 is 0. The number of methoxy groups -OCH3 is 1. The summed E-state index contributed by atoms with van der Waals surface area (Å²) in [6.07, 6.45) is 2.28. The van der Waals surface area contributed by atoms with Crippen molar-refractivity contribution >= 4 is 0 Å². The summed E-state index contributed by atoms with van der Waals surface area (Å²) in [5, 5.41) is 0. The molecule has 1 aliphatic carbocycles. The van der Waals surface area contributed by atoms with E-state index in [4.69, 9.17) is 10.5 Å². The van der Waals surface area contributed by atoms with Crippen LogP contribution in [0.4, 0.5) is 0 Å². The molecule has 1 aliphatic rings. The molecule has 2 unspecified atom stereocenters. The van der Waals surface area contributed by atoms with E-state index >= 15 is 0 Å². The van der Waals surface area contributed by atoms with Gasteiger partial charge in [0.1, 0.15) is 5.75 Å². The van der Waals surface area contributed by atoms with Crippen LogP contribution in [-0.4, -0.2) is 7.11 Å². The lowest BCUT2D eigenvalue weighted by molar-refractivity contribution is 0.141. The fourth-order valence-corrected chi connectivity index (χ4v) is 2.17. The maximum atomic E-state index is 6.36. The highest BCUT2D eigenvalue weighted by atomic mass is 16.5. The number of nitrogens with two attached hydrogens (primary N) is 1. The zero-order valence-corrected chi connectivity index (χ0v) is 8.79. The molecule has 1 saturated carbocycles. The summed E-state index contributed by atoms with van der Waals surface area (Å²) in [6.45, 7) is 2.20. The van der Waals surface area contributed by atoms with E-state index < -0.39 is 0 Å². The molecule has 0 saturated heterocycles. The van der Waals surface area contributed by atoms with Gasteiger partial charge in [-0.25, -0.2) is 0 Å². The summed E-state index contributed by atoms with van der Waals surface area (Å²) in [4.78, 5) is 0. The summed E-state index contributed by atoms with van der Waals surface area (Å²) < 4.78 is 5.34. The van der Waals surface area contributed by atoms with E-state index in [9.17, 15) is 0 Å². The number of benzene rings is 1. The van der Waals surface area contributed by atoms with Gasteiger partial charge in [-0.05, 0) is 24.8 Å². The fraction of sp³-hybridized carbons (Fsp3) is 0.500. The summed E-state index contributed by atoms with van der Waals surface area (Å²) in [5.41, 5.74) is 7.36. The van der Waals surface area contributed by atoms with Crippen LogP contribution in [-0.2, 0) is 5.54 Å². The van der Waals surface area contributed by atoms with Gasteiger partial charge in [0.2, 0.25) is 0 Å². The first-order chi connectivity index (χ1) is 6.68. The Hall–Kier alpha value is -1.02. The molecule has 2 rings (SSSR count). The van der Waals surface area contributed by atoms with Gasteiger partial charge in [0.15, 0.2) is 0 Å². The molecule has 14 heavy (non-hydrogen) atoms. The van der Waals surface area contributed by atoms with Crippen LogP contribution >= 0.6 is 0 Å². The third-order valence-electron chi connectivity index (χ3n) is 3.48. The molecule has 0 aliphatic heterocycles. The second-order valence-electron chi connectivity index (χ2n) is 4.18. The van der Waals surface area contributed by atoms with E-state index in [0.717, 1.165) is 17.7 Å². The van der Waals surface area contributed by atoms with Crippen molar-refractivity contribution in [2.24, 2.45) is 11.7 Å². The molecule has 2 N–H and O–H groups in total. The number of rotatable bonds is 2. The second kappa shape index (κ2) is 3.28. The van der Waals surface area contributed by atoms with Gasteiger partial charge in [0.25, 0.3) is 0 Å². The van der Waals surface area contributed by atoms with E-state index in [1.54, 1.807) is 7.11 Å². The van der Waals surface area contributed by atoms with Crippen LogP contribution in [0.25, 0.3) is 0 Å². The molecule has 0 heterocycles. The van der Waals surface area contributed by atoms with Crippen LogP contribution in [0.5, 0.6) is 5.75 Å². The lowest BCUT2D eigenvalue weighted by Crippen LogP contribution is -2.50. The average molecular weight is 191 g/mol. The average Bonchev–Trinajstić information content (AvgIpc) is 2.26. The standard InChI is InChI=1S/C12H17NO/c1-9-7-8-12(9,13)10-5-3-4-6-11(10)14-2/h3-6,9H,7-8,13H2,1-2H3. The number of hydrogen-bond acceptors (Lipinski definition) is 2. The van der Waals surface area contributed by atoms with Crippen LogP contribution in [0.1, 0.15) is 25.3 Å². The predicted molar refractivity (Wildman–Crippen MR) is 57.3 cm³/mol. The molecule has 1 aromatic carbocycles. The minimum Gasteiger partial charge on any atom is -0.496 e. The van der Waals surface area contributed by atoms with Gasteiger partial charge in [0, 0.05) is 11.1 Å². The Morgan fingerprint density at radius 2 is 2.14 bits per heavy atom. The Morgan fingerprint density at radius 3 is 2.64 bits per heavy atom. The Morgan fingerprint density at radius 1 is 1.43 bits per heavy atom. The highest BCUT2D eigenvalue weighted by Gasteiger charge is 2.43. The first-order valence-corrected chi connectivity index (χ1v) is 5.11. The molecular formula is C12H17NO. The topological polar surface area (TPSA) is 35.2 Å². The van der Waals surface area contributed by atoms with Crippen molar-refractivity contribution in [2.75, 3.05) is 7.11 Å². The molecule has 1 aromatic rings. The Bertz CT molecular complexity index is 337. The molecule has 76 valence electrons. The first kappa shape index (κ1) is 9.53. The molecule has 1 fully saturated rings. The third kappa shape index (κ3) is 1.22.